The summed E-state index contributed by atoms with van der Waals surface area (Å²) in [6, 6.07) is 1.67. The molecule has 70 valence electrons. The van der Waals surface area contributed by atoms with Gasteiger partial charge in [0, 0.05) is 6.07 Å². The molecule has 0 bridgehead atoms. The lowest BCUT2D eigenvalue weighted by Gasteiger charge is -2.18. The molecule has 0 fully saturated rings. The van der Waals surface area contributed by atoms with Crippen LogP contribution in [0.15, 0.2) is 6.07 Å². The van der Waals surface area contributed by atoms with Crippen LogP contribution in [0.25, 0.3) is 0 Å². The van der Waals surface area contributed by atoms with Gasteiger partial charge in [0.1, 0.15) is 6.61 Å². The Balaban J connectivity index is 2.44. The number of rotatable bonds is 1. The Morgan fingerprint density at radius 1 is 1.69 bits per heavy atom. The van der Waals surface area contributed by atoms with Gasteiger partial charge < -0.3 is 15.2 Å². The van der Waals surface area contributed by atoms with Crippen LogP contribution in [0.4, 0.5) is 5.82 Å². The van der Waals surface area contributed by atoms with Gasteiger partial charge in [-0.25, -0.2) is 4.98 Å². The first-order valence-corrected chi connectivity index (χ1v) is 4.36. The van der Waals surface area contributed by atoms with Gasteiger partial charge in [-0.15, -0.1) is 0 Å². The molecule has 0 aromatic carbocycles. The number of hydrogen-bond acceptors (Lipinski definition) is 4. The summed E-state index contributed by atoms with van der Waals surface area (Å²) in [6.45, 7) is 1.18. The summed E-state index contributed by atoms with van der Waals surface area (Å²) in [7, 11) is 0. The Morgan fingerprint density at radius 2 is 2.54 bits per heavy atom. The zero-order valence-electron chi connectivity index (χ0n) is 6.88. The summed E-state index contributed by atoms with van der Waals surface area (Å²) in [5.74, 6) is 1.30. The maximum atomic E-state index is 8.90. The number of aliphatic hydroxyl groups excluding tert-OH is 1. The SMILES string of the molecule is OCc1nc2c(cc1Cl)OCCN2. The molecular weight excluding hydrogens is 192 g/mol. The van der Waals surface area contributed by atoms with E-state index in [1.807, 2.05) is 0 Å². The van der Waals surface area contributed by atoms with Crippen LogP contribution in [-0.4, -0.2) is 23.2 Å². The minimum absolute atomic E-state index is 0.159. The molecule has 2 heterocycles. The van der Waals surface area contributed by atoms with E-state index in [0.29, 0.717) is 28.9 Å². The standard InChI is InChI=1S/C8H9ClN2O2/c9-5-3-7-8(10-1-2-13-7)11-6(5)4-12/h3,12H,1-2,4H2,(H,10,11). The quantitative estimate of drug-likeness (QED) is 0.711. The predicted molar refractivity (Wildman–Crippen MR) is 49.2 cm³/mol. The van der Waals surface area contributed by atoms with Gasteiger partial charge in [-0.1, -0.05) is 11.6 Å². The average Bonchev–Trinajstić information content (AvgIpc) is 2.17. The second-order valence-electron chi connectivity index (χ2n) is 2.70. The number of halogens is 1. The molecule has 5 heteroatoms. The van der Waals surface area contributed by atoms with Crippen molar-refractivity contribution in [2.75, 3.05) is 18.5 Å². The number of hydrogen-bond donors (Lipinski definition) is 2. The molecule has 0 aliphatic carbocycles. The van der Waals surface area contributed by atoms with Crippen LogP contribution in [0.2, 0.25) is 5.02 Å². The van der Waals surface area contributed by atoms with E-state index < -0.39 is 0 Å². The topological polar surface area (TPSA) is 54.4 Å². The van der Waals surface area contributed by atoms with Gasteiger partial charge in [-0.3, -0.25) is 0 Å². The Kier molecular flexibility index (Phi) is 2.24. The van der Waals surface area contributed by atoms with E-state index >= 15 is 0 Å². The molecule has 4 nitrogen and oxygen atoms in total. The van der Waals surface area contributed by atoms with E-state index in [2.05, 4.69) is 10.3 Å². The fourth-order valence-corrected chi connectivity index (χ4v) is 1.39. The first kappa shape index (κ1) is 8.59. The molecule has 0 saturated carbocycles. The fourth-order valence-electron chi connectivity index (χ4n) is 1.19. The first-order valence-electron chi connectivity index (χ1n) is 3.98. The van der Waals surface area contributed by atoms with Gasteiger partial charge in [0.15, 0.2) is 11.6 Å². The van der Waals surface area contributed by atoms with Gasteiger partial charge >= 0.3 is 0 Å². The molecule has 0 saturated heterocycles. The fraction of sp³-hybridized carbons (Fsp3) is 0.375. The highest BCUT2D eigenvalue weighted by atomic mass is 35.5. The molecule has 2 rings (SSSR count). The molecular formula is C8H9ClN2O2. The lowest BCUT2D eigenvalue weighted by Crippen LogP contribution is -2.19. The summed E-state index contributed by atoms with van der Waals surface area (Å²) in [5, 5.41) is 12.4. The third-order valence-electron chi connectivity index (χ3n) is 1.82. The number of nitrogens with zero attached hydrogens (tertiary/aromatic N) is 1. The van der Waals surface area contributed by atoms with Crippen LogP contribution < -0.4 is 10.1 Å². The van der Waals surface area contributed by atoms with Crippen LogP contribution in [-0.2, 0) is 6.61 Å². The number of anilines is 1. The van der Waals surface area contributed by atoms with E-state index in [1.165, 1.54) is 0 Å². The molecule has 1 aromatic rings. The highest BCUT2D eigenvalue weighted by molar-refractivity contribution is 6.31. The van der Waals surface area contributed by atoms with Crippen LogP contribution in [0, 0.1) is 0 Å². The predicted octanol–water partition coefficient (Wildman–Crippen LogP) is 1.03. The number of fused-ring (bicyclic) bond motifs is 1. The van der Waals surface area contributed by atoms with Crippen LogP contribution in [0.3, 0.4) is 0 Å². The van der Waals surface area contributed by atoms with Crippen molar-refractivity contribution in [1.82, 2.24) is 4.98 Å². The van der Waals surface area contributed by atoms with Gasteiger partial charge in [-0.05, 0) is 0 Å². The molecule has 2 N–H and O–H groups in total. The Labute approximate surface area is 80.5 Å². The first-order chi connectivity index (χ1) is 6.31. The van der Waals surface area contributed by atoms with Crippen molar-refractivity contribution >= 4 is 17.4 Å². The zero-order chi connectivity index (χ0) is 9.26. The van der Waals surface area contributed by atoms with E-state index in [9.17, 15) is 0 Å². The van der Waals surface area contributed by atoms with Crippen molar-refractivity contribution in [1.29, 1.82) is 0 Å². The third kappa shape index (κ3) is 1.55. The highest BCUT2D eigenvalue weighted by Crippen LogP contribution is 2.29. The molecule has 0 amide bonds. The van der Waals surface area contributed by atoms with Crippen molar-refractivity contribution < 1.29 is 9.84 Å². The summed E-state index contributed by atoms with van der Waals surface area (Å²) in [4.78, 5) is 4.11. The van der Waals surface area contributed by atoms with Crippen molar-refractivity contribution in [3.05, 3.63) is 16.8 Å². The van der Waals surface area contributed by atoms with Gasteiger partial charge in [0.05, 0.1) is 23.9 Å². The molecule has 1 aliphatic heterocycles. The second kappa shape index (κ2) is 3.40. The van der Waals surface area contributed by atoms with Gasteiger partial charge in [0.25, 0.3) is 0 Å². The molecule has 0 unspecified atom stereocenters. The minimum atomic E-state index is -0.159. The van der Waals surface area contributed by atoms with Gasteiger partial charge in [-0.2, -0.15) is 0 Å². The molecule has 0 spiro atoms. The zero-order valence-corrected chi connectivity index (χ0v) is 7.64. The third-order valence-corrected chi connectivity index (χ3v) is 2.14. The van der Waals surface area contributed by atoms with Crippen molar-refractivity contribution in [2.45, 2.75) is 6.61 Å². The van der Waals surface area contributed by atoms with Crippen molar-refractivity contribution in [3.63, 3.8) is 0 Å². The Hall–Kier alpha value is -1.00. The number of ether oxygens (including phenoxy) is 1. The second-order valence-corrected chi connectivity index (χ2v) is 3.10. The lowest BCUT2D eigenvalue weighted by molar-refractivity contribution is 0.275. The summed E-state index contributed by atoms with van der Waals surface area (Å²) >= 11 is 5.83. The molecule has 1 aliphatic rings. The number of pyridine rings is 1. The summed E-state index contributed by atoms with van der Waals surface area (Å²) in [6.07, 6.45) is 0. The van der Waals surface area contributed by atoms with Crippen LogP contribution in [0.5, 0.6) is 5.75 Å². The van der Waals surface area contributed by atoms with E-state index in [0.717, 1.165) is 6.54 Å². The minimum Gasteiger partial charge on any atom is -0.488 e. The number of aliphatic hydroxyl groups is 1. The Morgan fingerprint density at radius 3 is 3.31 bits per heavy atom. The number of nitrogens with one attached hydrogen (secondary N) is 1. The molecule has 1 aromatic heterocycles. The largest absolute Gasteiger partial charge is 0.488 e. The van der Waals surface area contributed by atoms with E-state index in [-0.39, 0.29) is 6.61 Å². The van der Waals surface area contributed by atoms with E-state index in [1.54, 1.807) is 6.07 Å². The average molecular weight is 201 g/mol. The molecule has 0 atom stereocenters. The van der Waals surface area contributed by atoms with E-state index in [4.69, 9.17) is 21.4 Å². The molecule has 13 heavy (non-hydrogen) atoms. The van der Waals surface area contributed by atoms with Crippen molar-refractivity contribution in [2.24, 2.45) is 0 Å². The number of aromatic nitrogens is 1. The lowest BCUT2D eigenvalue weighted by atomic mass is 10.3. The van der Waals surface area contributed by atoms with Crippen molar-refractivity contribution in [3.8, 4) is 5.75 Å². The van der Waals surface area contributed by atoms with Crippen LogP contribution >= 0.6 is 11.6 Å². The maximum absolute atomic E-state index is 8.90. The van der Waals surface area contributed by atoms with Gasteiger partial charge in [0.2, 0.25) is 0 Å². The smallest absolute Gasteiger partial charge is 0.169 e. The Bertz CT molecular complexity index is 330. The highest BCUT2D eigenvalue weighted by Gasteiger charge is 2.14. The summed E-state index contributed by atoms with van der Waals surface area (Å²) < 4.78 is 5.31. The molecule has 0 radical (unpaired) electrons. The maximum Gasteiger partial charge on any atom is 0.169 e. The normalized spacial score (nSPS) is 14.3. The summed E-state index contributed by atoms with van der Waals surface area (Å²) in [5.41, 5.74) is 0.471. The monoisotopic (exact) mass is 200 g/mol. The van der Waals surface area contributed by atoms with Crippen LogP contribution in [0.1, 0.15) is 5.69 Å².